The summed E-state index contributed by atoms with van der Waals surface area (Å²) in [6.07, 6.45) is 1.02. The van der Waals surface area contributed by atoms with Crippen molar-refractivity contribution in [3.8, 4) is 11.1 Å². The van der Waals surface area contributed by atoms with E-state index in [1.807, 2.05) is 18.2 Å². The topological polar surface area (TPSA) is 26.0 Å². The fourth-order valence-electron chi connectivity index (χ4n) is 2.92. The molecule has 0 unspecified atom stereocenters. The Morgan fingerprint density at radius 3 is 2.33 bits per heavy atom. The molecule has 0 fully saturated rings. The first kappa shape index (κ1) is 12.5. The smallest absolute Gasteiger partial charge is 0.0455 e. The summed E-state index contributed by atoms with van der Waals surface area (Å²) in [6, 6.07) is 23.3. The monoisotopic (exact) mass is 289 g/mol. The van der Waals surface area contributed by atoms with Crippen molar-refractivity contribution < 1.29 is 0 Å². The molecule has 0 saturated heterocycles. The maximum Gasteiger partial charge on any atom is 0.0455 e. The Kier molecular flexibility index (Phi) is 2.97. The lowest BCUT2D eigenvalue weighted by Crippen LogP contribution is -1.89. The van der Waals surface area contributed by atoms with Crippen LogP contribution in [0.15, 0.2) is 76.5 Å². The molecule has 0 radical (unpaired) electrons. The number of para-hydroxylation sites is 1. The van der Waals surface area contributed by atoms with Gasteiger partial charge >= 0.3 is 0 Å². The quantitative estimate of drug-likeness (QED) is 0.526. The molecule has 4 rings (SSSR count). The third kappa shape index (κ3) is 2.12. The van der Waals surface area contributed by atoms with Gasteiger partial charge in [0.15, 0.2) is 0 Å². The van der Waals surface area contributed by atoms with Crippen molar-refractivity contribution in [2.75, 3.05) is 5.73 Å². The average Bonchev–Trinajstić information content (AvgIpc) is 2.89. The number of nitrogens with two attached hydrogens (primary N) is 1. The summed E-state index contributed by atoms with van der Waals surface area (Å²) in [4.78, 5) is 2.43. The third-order valence-electron chi connectivity index (χ3n) is 3.95. The van der Waals surface area contributed by atoms with Gasteiger partial charge in [-0.3, -0.25) is 0 Å². The van der Waals surface area contributed by atoms with Gasteiger partial charge in [-0.15, -0.1) is 0 Å². The molecule has 0 amide bonds. The van der Waals surface area contributed by atoms with E-state index in [2.05, 4.69) is 48.5 Å². The molecule has 0 aromatic heterocycles. The van der Waals surface area contributed by atoms with E-state index in [9.17, 15) is 0 Å². The molecule has 0 heterocycles. The summed E-state index contributed by atoms with van der Waals surface area (Å²) in [5.41, 5.74) is 12.5. The van der Waals surface area contributed by atoms with Gasteiger partial charge in [-0.1, -0.05) is 60.3 Å². The minimum Gasteiger partial charge on any atom is -0.398 e. The Hall–Kier alpha value is -2.19. The van der Waals surface area contributed by atoms with Gasteiger partial charge in [-0.2, -0.15) is 0 Å². The molecular formula is C19H15NS. The SMILES string of the molecule is Nc1ccccc1Sc1cccc2c1Cc1ccccc1-2. The van der Waals surface area contributed by atoms with Crippen molar-refractivity contribution in [2.45, 2.75) is 16.2 Å². The molecule has 3 aromatic carbocycles. The summed E-state index contributed by atoms with van der Waals surface area (Å²) in [5.74, 6) is 0. The average molecular weight is 289 g/mol. The van der Waals surface area contributed by atoms with Gasteiger partial charge in [-0.05, 0) is 46.9 Å². The van der Waals surface area contributed by atoms with Crippen LogP contribution >= 0.6 is 11.8 Å². The van der Waals surface area contributed by atoms with Gasteiger partial charge in [0, 0.05) is 15.5 Å². The van der Waals surface area contributed by atoms with E-state index in [1.165, 1.54) is 27.1 Å². The highest BCUT2D eigenvalue weighted by Crippen LogP contribution is 2.43. The molecule has 0 aliphatic heterocycles. The van der Waals surface area contributed by atoms with E-state index in [0.717, 1.165) is 17.0 Å². The second-order valence-electron chi connectivity index (χ2n) is 5.26. The minimum atomic E-state index is 0.843. The molecule has 0 saturated carbocycles. The molecule has 0 spiro atoms. The zero-order valence-corrected chi connectivity index (χ0v) is 12.4. The number of rotatable bonds is 2. The zero-order chi connectivity index (χ0) is 14.2. The van der Waals surface area contributed by atoms with Crippen LogP contribution in [0, 0.1) is 0 Å². The van der Waals surface area contributed by atoms with E-state index in [1.54, 1.807) is 11.8 Å². The fourth-order valence-corrected chi connectivity index (χ4v) is 3.94. The first-order valence-electron chi connectivity index (χ1n) is 7.05. The van der Waals surface area contributed by atoms with Crippen LogP contribution in [-0.2, 0) is 6.42 Å². The van der Waals surface area contributed by atoms with Crippen LogP contribution in [0.1, 0.15) is 11.1 Å². The number of hydrogen-bond donors (Lipinski definition) is 1. The van der Waals surface area contributed by atoms with Crippen molar-refractivity contribution >= 4 is 17.4 Å². The number of anilines is 1. The van der Waals surface area contributed by atoms with Crippen LogP contribution in [0.5, 0.6) is 0 Å². The van der Waals surface area contributed by atoms with E-state index in [-0.39, 0.29) is 0 Å². The molecule has 3 aromatic rings. The van der Waals surface area contributed by atoms with Gasteiger partial charge in [0.05, 0.1) is 0 Å². The van der Waals surface area contributed by atoms with Gasteiger partial charge in [0.2, 0.25) is 0 Å². The first-order chi connectivity index (χ1) is 10.3. The molecule has 1 nitrogen and oxygen atoms in total. The van der Waals surface area contributed by atoms with Crippen molar-refractivity contribution in [3.63, 3.8) is 0 Å². The molecule has 0 bridgehead atoms. The Labute approximate surface area is 128 Å². The van der Waals surface area contributed by atoms with Crippen LogP contribution in [0.4, 0.5) is 5.69 Å². The number of nitrogen functional groups attached to an aromatic ring is 1. The maximum atomic E-state index is 6.08. The van der Waals surface area contributed by atoms with Gasteiger partial charge in [0.25, 0.3) is 0 Å². The standard InChI is InChI=1S/C19H15NS/c20-17-9-3-4-10-19(17)21-18-11-5-8-15-14-7-2-1-6-13(14)12-16(15)18/h1-11H,12,20H2. The Morgan fingerprint density at radius 1 is 0.714 bits per heavy atom. The Morgan fingerprint density at radius 2 is 1.43 bits per heavy atom. The fraction of sp³-hybridized carbons (Fsp3) is 0.0526. The van der Waals surface area contributed by atoms with Crippen molar-refractivity contribution in [1.82, 2.24) is 0 Å². The van der Waals surface area contributed by atoms with Crippen molar-refractivity contribution in [3.05, 3.63) is 77.9 Å². The van der Waals surface area contributed by atoms with E-state index in [4.69, 9.17) is 5.73 Å². The lowest BCUT2D eigenvalue weighted by molar-refractivity contribution is 1.18. The predicted molar refractivity (Wildman–Crippen MR) is 89.7 cm³/mol. The van der Waals surface area contributed by atoms with Crippen LogP contribution in [0.2, 0.25) is 0 Å². The van der Waals surface area contributed by atoms with Crippen LogP contribution in [0.25, 0.3) is 11.1 Å². The van der Waals surface area contributed by atoms with E-state index >= 15 is 0 Å². The molecule has 2 heteroatoms. The normalized spacial score (nSPS) is 12.0. The summed E-state index contributed by atoms with van der Waals surface area (Å²) in [6.45, 7) is 0. The van der Waals surface area contributed by atoms with Crippen LogP contribution in [-0.4, -0.2) is 0 Å². The van der Waals surface area contributed by atoms with Crippen molar-refractivity contribution in [1.29, 1.82) is 0 Å². The van der Waals surface area contributed by atoms with Crippen LogP contribution in [0.3, 0.4) is 0 Å². The van der Waals surface area contributed by atoms with Gasteiger partial charge in [0.1, 0.15) is 0 Å². The zero-order valence-electron chi connectivity index (χ0n) is 11.5. The van der Waals surface area contributed by atoms with E-state index in [0.29, 0.717) is 0 Å². The summed E-state index contributed by atoms with van der Waals surface area (Å²) in [7, 11) is 0. The lowest BCUT2D eigenvalue weighted by atomic mass is 10.1. The number of fused-ring (bicyclic) bond motifs is 3. The lowest BCUT2D eigenvalue weighted by Gasteiger charge is -2.09. The number of benzene rings is 3. The molecule has 21 heavy (non-hydrogen) atoms. The molecule has 2 N–H and O–H groups in total. The highest BCUT2D eigenvalue weighted by molar-refractivity contribution is 7.99. The van der Waals surface area contributed by atoms with Gasteiger partial charge < -0.3 is 5.73 Å². The van der Waals surface area contributed by atoms with Crippen LogP contribution < -0.4 is 5.73 Å². The highest BCUT2D eigenvalue weighted by atomic mass is 32.2. The molecule has 1 aliphatic carbocycles. The second-order valence-corrected chi connectivity index (χ2v) is 6.34. The van der Waals surface area contributed by atoms with E-state index < -0.39 is 0 Å². The Bertz CT molecular complexity index is 823. The molecule has 102 valence electrons. The largest absolute Gasteiger partial charge is 0.398 e. The summed E-state index contributed by atoms with van der Waals surface area (Å²) in [5, 5.41) is 0. The first-order valence-corrected chi connectivity index (χ1v) is 7.87. The predicted octanol–water partition coefficient (Wildman–Crippen LogP) is 4.99. The molecule has 0 atom stereocenters. The summed E-state index contributed by atoms with van der Waals surface area (Å²) >= 11 is 1.77. The third-order valence-corrected chi connectivity index (χ3v) is 5.14. The Balaban J connectivity index is 1.78. The maximum absolute atomic E-state index is 6.08. The second kappa shape index (κ2) is 4.97. The van der Waals surface area contributed by atoms with Crippen molar-refractivity contribution in [2.24, 2.45) is 0 Å². The molecular weight excluding hydrogens is 274 g/mol. The molecule has 1 aliphatic rings. The number of hydrogen-bond acceptors (Lipinski definition) is 2. The highest BCUT2D eigenvalue weighted by Gasteiger charge is 2.20. The minimum absolute atomic E-state index is 0.843. The van der Waals surface area contributed by atoms with Gasteiger partial charge in [-0.25, -0.2) is 0 Å². The summed E-state index contributed by atoms with van der Waals surface area (Å²) < 4.78 is 0.